The Hall–Kier alpha value is -3.21. The third-order valence-electron chi connectivity index (χ3n) is 6.08. The molecule has 182 valence electrons. The number of aromatic nitrogens is 3. The normalized spacial score (nSPS) is 15.9. The summed E-state index contributed by atoms with van der Waals surface area (Å²) < 4.78 is 31.0. The number of imide groups is 1. The number of hydrogen-bond acceptors (Lipinski definition) is 6. The Bertz CT molecular complexity index is 1660. The van der Waals surface area contributed by atoms with Crippen molar-refractivity contribution in [2.24, 2.45) is 7.05 Å². The van der Waals surface area contributed by atoms with Gasteiger partial charge in [0.2, 0.25) is 0 Å². The highest BCUT2D eigenvalue weighted by atomic mass is 35.5. The number of nitrogens with one attached hydrogen (secondary N) is 1. The molecule has 5 rings (SSSR count). The number of nitrogens with zero attached hydrogens (tertiary/aromatic N) is 3. The maximum atomic E-state index is 13.1. The fourth-order valence-corrected chi connectivity index (χ4v) is 5.23. The van der Waals surface area contributed by atoms with Crippen LogP contribution in [0.3, 0.4) is 0 Å². The predicted molar refractivity (Wildman–Crippen MR) is 133 cm³/mol. The second kappa shape index (κ2) is 8.78. The van der Waals surface area contributed by atoms with E-state index in [1.807, 2.05) is 36.0 Å². The molecule has 1 aliphatic heterocycles. The van der Waals surface area contributed by atoms with Gasteiger partial charge in [0.05, 0.1) is 29.4 Å². The first kappa shape index (κ1) is 23.5. The average Bonchev–Trinajstić information content (AvgIpc) is 3.41. The molecular weight excluding hydrogens is 492 g/mol. The molecule has 2 amide bonds. The summed E-state index contributed by atoms with van der Waals surface area (Å²) in [4.78, 5) is 26.1. The highest BCUT2D eigenvalue weighted by Crippen LogP contribution is 2.35. The van der Waals surface area contributed by atoms with Crippen LogP contribution in [-0.2, 0) is 37.5 Å². The Morgan fingerprint density at radius 3 is 2.66 bits per heavy atom. The van der Waals surface area contributed by atoms with E-state index in [9.17, 15) is 18.0 Å². The summed E-state index contributed by atoms with van der Waals surface area (Å²) in [5, 5.41) is 10.1. The van der Waals surface area contributed by atoms with Gasteiger partial charge in [-0.3, -0.25) is 23.8 Å². The molecule has 0 radical (unpaired) electrons. The van der Waals surface area contributed by atoms with Gasteiger partial charge in [-0.2, -0.15) is 13.5 Å². The number of rotatable bonds is 7. The molecule has 11 heteroatoms. The molecule has 0 spiro atoms. The van der Waals surface area contributed by atoms with Crippen LogP contribution < -0.4 is 15.9 Å². The number of hydrogen-bond donors (Lipinski definition) is 1. The van der Waals surface area contributed by atoms with Gasteiger partial charge < -0.3 is 4.57 Å². The molecule has 35 heavy (non-hydrogen) atoms. The van der Waals surface area contributed by atoms with Crippen LogP contribution in [0.25, 0.3) is 34.2 Å². The highest BCUT2D eigenvalue weighted by Gasteiger charge is 2.36. The number of aryl methyl sites for hydroxylation is 2. The first-order chi connectivity index (χ1) is 16.6. The molecule has 3 aromatic rings. The molecular formula is C24H23ClN4O5S. The molecule has 3 heterocycles. The lowest BCUT2D eigenvalue weighted by Gasteiger charge is -2.04. The average molecular weight is 515 g/mol. The third kappa shape index (κ3) is 4.33. The summed E-state index contributed by atoms with van der Waals surface area (Å²) in [5.41, 5.74) is 2.39. The second-order valence-electron chi connectivity index (χ2n) is 8.58. The number of fused-ring (bicyclic) bond motifs is 2. The summed E-state index contributed by atoms with van der Waals surface area (Å²) in [7, 11) is -1.66. The van der Waals surface area contributed by atoms with E-state index in [1.54, 1.807) is 16.8 Å². The van der Waals surface area contributed by atoms with Crippen LogP contribution in [0.4, 0.5) is 0 Å². The Labute approximate surface area is 206 Å². The van der Waals surface area contributed by atoms with Crippen LogP contribution in [-0.4, -0.2) is 47.4 Å². The molecule has 0 bridgehead atoms. The second-order valence-corrected chi connectivity index (χ2v) is 10.7. The van der Waals surface area contributed by atoms with E-state index < -0.39 is 21.9 Å². The molecule has 9 nitrogen and oxygen atoms in total. The lowest BCUT2D eigenvalue weighted by molar-refractivity contribution is -0.122. The van der Waals surface area contributed by atoms with Gasteiger partial charge in [0.1, 0.15) is 5.69 Å². The van der Waals surface area contributed by atoms with E-state index in [1.165, 1.54) is 0 Å². The summed E-state index contributed by atoms with van der Waals surface area (Å²) in [6.45, 7) is 0.417. The maximum Gasteiger partial charge on any atom is 0.264 e. The number of carbonyl (C=O) groups is 2. The molecule has 2 aromatic heterocycles. The van der Waals surface area contributed by atoms with E-state index >= 15 is 0 Å². The lowest BCUT2D eigenvalue weighted by Crippen LogP contribution is -2.33. The first-order valence-electron chi connectivity index (χ1n) is 11.1. The predicted octanol–water partition coefficient (Wildman–Crippen LogP) is 1.32. The smallest absolute Gasteiger partial charge is 0.264 e. The zero-order valence-electron chi connectivity index (χ0n) is 19.2. The Kier molecular flexibility index (Phi) is 5.90. The minimum Gasteiger partial charge on any atom is -0.350 e. The largest absolute Gasteiger partial charge is 0.350 e. The SMILES string of the molecule is Cn1cc(C2=C(c3nn(CCCOS(C)(=O)=O)c4c3=CCCC=4)C(=O)NC2=O)c2cc(Cl)ccc21. The van der Waals surface area contributed by atoms with Crippen LogP contribution >= 0.6 is 11.6 Å². The van der Waals surface area contributed by atoms with Gasteiger partial charge in [-0.15, -0.1) is 0 Å². The van der Waals surface area contributed by atoms with Crippen LogP contribution in [0.5, 0.6) is 0 Å². The van der Waals surface area contributed by atoms with Crippen molar-refractivity contribution in [1.29, 1.82) is 0 Å². The molecule has 0 atom stereocenters. The molecule has 0 saturated heterocycles. The van der Waals surface area contributed by atoms with Crippen molar-refractivity contribution in [2.45, 2.75) is 25.8 Å². The van der Waals surface area contributed by atoms with Crippen molar-refractivity contribution in [3.63, 3.8) is 0 Å². The zero-order valence-corrected chi connectivity index (χ0v) is 20.7. The molecule has 1 aromatic carbocycles. The van der Waals surface area contributed by atoms with Gasteiger partial charge >= 0.3 is 0 Å². The monoisotopic (exact) mass is 514 g/mol. The summed E-state index contributed by atoms with van der Waals surface area (Å²) in [5.74, 6) is -0.988. The van der Waals surface area contributed by atoms with Crippen molar-refractivity contribution in [3.05, 3.63) is 51.2 Å². The molecule has 1 aliphatic carbocycles. The highest BCUT2D eigenvalue weighted by molar-refractivity contribution is 7.85. The molecule has 0 saturated carbocycles. The fraction of sp³-hybridized carbons (Fsp3) is 0.292. The van der Waals surface area contributed by atoms with E-state index in [2.05, 4.69) is 5.32 Å². The van der Waals surface area contributed by atoms with Crippen molar-refractivity contribution in [3.8, 4) is 0 Å². The topological polar surface area (TPSA) is 112 Å². The van der Waals surface area contributed by atoms with Crippen molar-refractivity contribution >= 4 is 67.7 Å². The van der Waals surface area contributed by atoms with Gasteiger partial charge in [0.15, 0.2) is 0 Å². The quantitative estimate of drug-likeness (QED) is 0.289. The maximum absolute atomic E-state index is 13.1. The van der Waals surface area contributed by atoms with Crippen molar-refractivity contribution < 1.29 is 22.2 Å². The first-order valence-corrected chi connectivity index (χ1v) is 13.3. The Balaban J connectivity index is 1.66. The van der Waals surface area contributed by atoms with Gasteiger partial charge in [-0.1, -0.05) is 23.8 Å². The number of carbonyl (C=O) groups excluding carboxylic acids is 2. The summed E-state index contributed by atoms with van der Waals surface area (Å²) in [6, 6.07) is 5.43. The van der Waals surface area contributed by atoms with Crippen LogP contribution in [0.2, 0.25) is 5.02 Å². The van der Waals surface area contributed by atoms with Gasteiger partial charge in [-0.25, -0.2) is 0 Å². The van der Waals surface area contributed by atoms with Crippen LogP contribution in [0, 0.1) is 0 Å². The van der Waals surface area contributed by atoms with Gasteiger partial charge in [-0.05, 0) is 37.5 Å². The number of halogens is 1. The summed E-state index contributed by atoms with van der Waals surface area (Å²) >= 11 is 6.25. The fourth-order valence-electron chi connectivity index (χ4n) is 4.63. The van der Waals surface area contributed by atoms with Crippen molar-refractivity contribution in [1.82, 2.24) is 19.7 Å². The van der Waals surface area contributed by atoms with Crippen LogP contribution in [0.1, 0.15) is 30.5 Å². The standard InChI is InChI=1S/C24H23ClN4O5S/c1-28-13-17(16-12-14(25)8-9-18(16)28)20-21(24(31)26-23(20)30)22-15-6-3-4-7-19(15)29(27-22)10-5-11-34-35(2,32)33/h6-9,12-13H,3-5,10-11H2,1-2H3,(H,26,30,31). The molecule has 2 aliphatic rings. The van der Waals surface area contributed by atoms with Gasteiger partial charge in [0, 0.05) is 46.5 Å². The van der Waals surface area contributed by atoms with Crippen molar-refractivity contribution in [2.75, 3.05) is 12.9 Å². The van der Waals surface area contributed by atoms with Gasteiger partial charge in [0.25, 0.3) is 21.9 Å². The lowest BCUT2D eigenvalue weighted by atomic mass is 9.97. The molecule has 0 unspecified atom stereocenters. The number of amides is 2. The molecule has 1 N–H and O–H groups in total. The Morgan fingerprint density at radius 2 is 1.89 bits per heavy atom. The van der Waals surface area contributed by atoms with E-state index in [4.69, 9.17) is 20.9 Å². The van der Waals surface area contributed by atoms with Crippen LogP contribution in [0.15, 0.2) is 24.4 Å². The number of benzene rings is 1. The minimum atomic E-state index is -3.53. The zero-order chi connectivity index (χ0) is 24.9. The minimum absolute atomic E-state index is 0.0240. The third-order valence-corrected chi connectivity index (χ3v) is 6.91. The van der Waals surface area contributed by atoms with E-state index in [0.717, 1.165) is 40.6 Å². The van der Waals surface area contributed by atoms with E-state index in [0.29, 0.717) is 29.2 Å². The Morgan fingerprint density at radius 1 is 1.14 bits per heavy atom. The molecule has 0 fully saturated rings. The van der Waals surface area contributed by atoms with E-state index in [-0.39, 0.29) is 17.8 Å². The summed E-state index contributed by atoms with van der Waals surface area (Å²) in [6.07, 6.45) is 8.89.